The number of nitrogens with one attached hydrogen (secondary N) is 1. The zero-order valence-electron chi connectivity index (χ0n) is 13.8. The van der Waals surface area contributed by atoms with Crippen molar-refractivity contribution >= 4 is 15.7 Å². The predicted octanol–water partition coefficient (Wildman–Crippen LogP) is 3.62. The maximum atomic E-state index is 12.5. The van der Waals surface area contributed by atoms with Crippen LogP contribution < -0.4 is 4.72 Å². The summed E-state index contributed by atoms with van der Waals surface area (Å²) < 4.78 is 38.5. The topological polar surface area (TPSA) is 98.2 Å². The normalized spacial score (nSPS) is 14.6. The standard InChI is InChI=1S/C17H17N3O4S/c1-10-7-11(2)9-13(8-10)20-25(21,22)15-6-5-14(23-15)17-19-18-16(24-17)12-3-4-12/h5-9,12,20H,3-4H2,1-2H3. The Labute approximate surface area is 145 Å². The van der Waals surface area contributed by atoms with Gasteiger partial charge in [-0.1, -0.05) is 6.07 Å². The van der Waals surface area contributed by atoms with Crippen molar-refractivity contribution in [2.75, 3.05) is 4.72 Å². The molecular weight excluding hydrogens is 342 g/mol. The zero-order valence-corrected chi connectivity index (χ0v) is 14.6. The minimum absolute atomic E-state index is 0.190. The lowest BCUT2D eigenvalue weighted by atomic mass is 10.1. The van der Waals surface area contributed by atoms with Crippen LogP contribution in [-0.2, 0) is 10.0 Å². The number of furan rings is 1. The fraction of sp³-hybridized carbons (Fsp3) is 0.294. The van der Waals surface area contributed by atoms with Crippen LogP contribution in [-0.4, -0.2) is 18.6 Å². The van der Waals surface area contributed by atoms with Crippen molar-refractivity contribution in [2.45, 2.75) is 37.7 Å². The summed E-state index contributed by atoms with van der Waals surface area (Å²) in [7, 11) is -3.84. The van der Waals surface area contributed by atoms with E-state index in [1.54, 1.807) is 12.1 Å². The van der Waals surface area contributed by atoms with Gasteiger partial charge in [0.25, 0.3) is 15.9 Å². The third kappa shape index (κ3) is 3.30. The predicted molar refractivity (Wildman–Crippen MR) is 90.7 cm³/mol. The van der Waals surface area contributed by atoms with E-state index >= 15 is 0 Å². The van der Waals surface area contributed by atoms with Gasteiger partial charge < -0.3 is 8.83 Å². The largest absolute Gasteiger partial charge is 0.438 e. The molecule has 3 aromatic rings. The highest BCUT2D eigenvalue weighted by Gasteiger charge is 2.30. The third-order valence-electron chi connectivity index (χ3n) is 3.90. The molecule has 1 aliphatic carbocycles. The van der Waals surface area contributed by atoms with E-state index in [9.17, 15) is 8.42 Å². The highest BCUT2D eigenvalue weighted by Crippen LogP contribution is 2.40. The first kappa shape index (κ1) is 15.9. The maximum Gasteiger partial charge on any atom is 0.295 e. The molecule has 0 spiro atoms. The van der Waals surface area contributed by atoms with Crippen molar-refractivity contribution in [3.05, 3.63) is 47.3 Å². The molecule has 1 fully saturated rings. The molecule has 0 radical (unpaired) electrons. The van der Waals surface area contributed by atoms with Crippen molar-refractivity contribution in [1.29, 1.82) is 0 Å². The number of benzene rings is 1. The Balaban J connectivity index is 1.59. The molecule has 25 heavy (non-hydrogen) atoms. The smallest absolute Gasteiger partial charge is 0.295 e. The summed E-state index contributed by atoms with van der Waals surface area (Å²) in [6.45, 7) is 3.81. The Bertz CT molecular complexity index is 1010. The Kier molecular flexibility index (Phi) is 3.64. The molecule has 1 aliphatic rings. The number of rotatable bonds is 5. The quantitative estimate of drug-likeness (QED) is 0.747. The average molecular weight is 359 g/mol. The van der Waals surface area contributed by atoms with Crippen LogP contribution in [0.15, 0.2) is 44.3 Å². The summed E-state index contributed by atoms with van der Waals surface area (Å²) in [4.78, 5) is 0. The second-order valence-corrected chi connectivity index (χ2v) is 7.93. The molecule has 2 aromatic heterocycles. The number of anilines is 1. The van der Waals surface area contributed by atoms with Gasteiger partial charge in [0.05, 0.1) is 0 Å². The Morgan fingerprint density at radius 2 is 1.76 bits per heavy atom. The van der Waals surface area contributed by atoms with Crippen molar-refractivity contribution < 1.29 is 17.3 Å². The molecule has 0 saturated heterocycles. The van der Waals surface area contributed by atoms with Gasteiger partial charge in [-0.3, -0.25) is 4.72 Å². The van der Waals surface area contributed by atoms with Gasteiger partial charge in [0.2, 0.25) is 11.0 Å². The van der Waals surface area contributed by atoms with Crippen LogP contribution >= 0.6 is 0 Å². The van der Waals surface area contributed by atoms with Crippen molar-refractivity contribution in [2.24, 2.45) is 0 Å². The number of nitrogens with zero attached hydrogens (tertiary/aromatic N) is 2. The van der Waals surface area contributed by atoms with Crippen LogP contribution in [0.1, 0.15) is 35.8 Å². The second kappa shape index (κ2) is 5.73. The minimum Gasteiger partial charge on any atom is -0.438 e. The molecule has 0 unspecified atom stereocenters. The van der Waals surface area contributed by atoms with E-state index in [-0.39, 0.29) is 16.7 Å². The summed E-state index contributed by atoms with van der Waals surface area (Å²) in [6, 6.07) is 8.38. The maximum absolute atomic E-state index is 12.5. The molecule has 0 bridgehead atoms. The monoisotopic (exact) mass is 359 g/mol. The number of aromatic nitrogens is 2. The van der Waals surface area contributed by atoms with Crippen LogP contribution in [0.3, 0.4) is 0 Å². The first-order valence-electron chi connectivity index (χ1n) is 7.95. The highest BCUT2D eigenvalue weighted by molar-refractivity contribution is 7.92. The molecule has 130 valence electrons. The molecule has 7 nitrogen and oxygen atoms in total. The van der Waals surface area contributed by atoms with Gasteiger partial charge in [-0.05, 0) is 62.1 Å². The Hall–Kier alpha value is -2.61. The first-order chi connectivity index (χ1) is 11.9. The minimum atomic E-state index is -3.84. The van der Waals surface area contributed by atoms with E-state index in [2.05, 4.69) is 14.9 Å². The lowest BCUT2D eigenvalue weighted by Crippen LogP contribution is -2.12. The molecule has 1 aromatic carbocycles. The molecule has 1 saturated carbocycles. The number of sulfonamides is 1. The van der Waals surface area contributed by atoms with Crippen molar-refractivity contribution in [3.8, 4) is 11.7 Å². The number of hydrogen-bond donors (Lipinski definition) is 1. The lowest BCUT2D eigenvalue weighted by molar-refractivity contribution is 0.435. The van der Waals surface area contributed by atoms with Crippen LogP contribution in [0.2, 0.25) is 0 Å². The molecular formula is C17H17N3O4S. The van der Waals surface area contributed by atoms with E-state index in [1.807, 2.05) is 19.9 Å². The molecule has 8 heteroatoms. The first-order valence-corrected chi connectivity index (χ1v) is 9.44. The molecule has 0 aliphatic heterocycles. The second-order valence-electron chi connectivity index (χ2n) is 6.32. The van der Waals surface area contributed by atoms with Crippen LogP contribution in [0, 0.1) is 13.8 Å². The number of aryl methyl sites for hydroxylation is 2. The molecule has 0 amide bonds. The van der Waals surface area contributed by atoms with E-state index < -0.39 is 10.0 Å². The molecule has 0 atom stereocenters. The summed E-state index contributed by atoms with van der Waals surface area (Å²) >= 11 is 0. The van der Waals surface area contributed by atoms with Gasteiger partial charge in [-0.25, -0.2) is 0 Å². The van der Waals surface area contributed by atoms with E-state index in [4.69, 9.17) is 8.83 Å². The SMILES string of the molecule is Cc1cc(C)cc(NS(=O)(=O)c2ccc(-c3nnc(C4CC4)o3)o2)c1. The van der Waals surface area contributed by atoms with Gasteiger partial charge in [0.1, 0.15) is 0 Å². The van der Waals surface area contributed by atoms with Gasteiger partial charge in [0, 0.05) is 11.6 Å². The Morgan fingerprint density at radius 1 is 1.04 bits per heavy atom. The van der Waals surface area contributed by atoms with Gasteiger partial charge in [-0.2, -0.15) is 8.42 Å². The van der Waals surface area contributed by atoms with Gasteiger partial charge in [0.15, 0.2) is 5.76 Å². The van der Waals surface area contributed by atoms with E-state index in [0.717, 1.165) is 24.0 Å². The van der Waals surface area contributed by atoms with E-state index in [0.29, 0.717) is 17.5 Å². The highest BCUT2D eigenvalue weighted by atomic mass is 32.2. The fourth-order valence-corrected chi connectivity index (χ4v) is 3.62. The number of hydrogen-bond acceptors (Lipinski definition) is 6. The van der Waals surface area contributed by atoms with Crippen LogP contribution in [0.25, 0.3) is 11.7 Å². The summed E-state index contributed by atoms with van der Waals surface area (Å²) in [6.07, 6.45) is 2.08. The summed E-state index contributed by atoms with van der Waals surface area (Å²) in [5.74, 6) is 1.32. The summed E-state index contributed by atoms with van der Waals surface area (Å²) in [5, 5.41) is 7.69. The van der Waals surface area contributed by atoms with E-state index in [1.165, 1.54) is 12.1 Å². The lowest BCUT2D eigenvalue weighted by Gasteiger charge is -2.07. The zero-order chi connectivity index (χ0) is 17.6. The van der Waals surface area contributed by atoms with Crippen LogP contribution in [0.5, 0.6) is 0 Å². The summed E-state index contributed by atoms with van der Waals surface area (Å²) in [5.41, 5.74) is 2.43. The van der Waals surface area contributed by atoms with Gasteiger partial charge in [-0.15, -0.1) is 10.2 Å². The molecule has 1 N–H and O–H groups in total. The average Bonchev–Trinajstić information content (AvgIpc) is 3.06. The van der Waals surface area contributed by atoms with Crippen molar-refractivity contribution in [1.82, 2.24) is 10.2 Å². The van der Waals surface area contributed by atoms with Gasteiger partial charge >= 0.3 is 0 Å². The molecule has 4 rings (SSSR count). The van der Waals surface area contributed by atoms with Crippen molar-refractivity contribution in [3.63, 3.8) is 0 Å². The molecule has 2 heterocycles. The Morgan fingerprint density at radius 3 is 2.44 bits per heavy atom. The third-order valence-corrected chi connectivity index (χ3v) is 5.15. The fourth-order valence-electron chi connectivity index (χ4n) is 2.65. The van der Waals surface area contributed by atoms with Crippen LogP contribution in [0.4, 0.5) is 5.69 Å².